The number of hydrogen-bond acceptors (Lipinski definition) is 7. The minimum absolute atomic E-state index is 0.00463. The van der Waals surface area contributed by atoms with Gasteiger partial charge in [-0.25, -0.2) is 8.42 Å². The Balaban J connectivity index is -0.000000121. The van der Waals surface area contributed by atoms with Crippen LogP contribution in [0.5, 0.6) is 0 Å². The molecule has 0 aromatic carbocycles. The van der Waals surface area contributed by atoms with Crippen molar-refractivity contribution >= 4 is 65.5 Å². The molecule has 0 saturated carbocycles. The average molecular weight is 451 g/mol. The number of likely N-dealkylation sites (tertiary alicyclic amines) is 1. The molecule has 1 N–H and O–H groups in total. The van der Waals surface area contributed by atoms with Gasteiger partial charge in [0.1, 0.15) is 9.84 Å². The van der Waals surface area contributed by atoms with Gasteiger partial charge < -0.3 is 5.32 Å². The summed E-state index contributed by atoms with van der Waals surface area (Å²) in [6, 6.07) is 0. The second kappa shape index (κ2) is 20.8. The van der Waals surface area contributed by atoms with Crippen LogP contribution in [0.3, 0.4) is 0 Å². The Kier molecular flexibility index (Phi) is 26.5. The van der Waals surface area contributed by atoms with Crippen molar-refractivity contribution in [3.8, 4) is 0 Å². The molecule has 11 heteroatoms. The normalized spacial score (nSPS) is 12.3. The number of nitrogens with one attached hydrogen (secondary N) is 1. The quantitative estimate of drug-likeness (QED) is 0.369. The van der Waals surface area contributed by atoms with Crippen LogP contribution in [0.25, 0.3) is 0 Å². The second-order valence-corrected chi connectivity index (χ2v) is 12.0. The fourth-order valence-electron chi connectivity index (χ4n) is 0.688. The van der Waals surface area contributed by atoms with Crippen molar-refractivity contribution in [2.75, 3.05) is 51.6 Å². The molecule has 26 heavy (non-hydrogen) atoms. The van der Waals surface area contributed by atoms with Gasteiger partial charge in [-0.1, -0.05) is 27.5 Å². The maximum Gasteiger partial charge on any atom is 0.229 e. The van der Waals surface area contributed by atoms with Gasteiger partial charge in [-0.2, -0.15) is 10.5 Å². The van der Waals surface area contributed by atoms with Crippen molar-refractivity contribution in [2.45, 2.75) is 19.8 Å². The summed E-state index contributed by atoms with van der Waals surface area (Å²) >= 11 is 0. The van der Waals surface area contributed by atoms with Crippen molar-refractivity contribution in [3.05, 3.63) is 0 Å². The first-order valence-corrected chi connectivity index (χ1v) is 14.7. The first kappa shape index (κ1) is 33.1. The molecule has 158 valence electrons. The molecule has 0 unspecified atom stereocenters. The lowest BCUT2D eigenvalue weighted by Crippen LogP contribution is -2.23. The molecule has 1 aliphatic heterocycles. The molecule has 7 nitrogen and oxygen atoms in total. The molecule has 0 aromatic heterocycles. The number of hydrogen-bond donors (Lipinski definition) is 1. The third-order valence-corrected chi connectivity index (χ3v) is 3.15. The lowest BCUT2D eigenvalue weighted by Gasteiger charge is -2.01. The summed E-state index contributed by atoms with van der Waals surface area (Å²) in [7, 11) is 4.38. The Morgan fingerprint density at radius 1 is 1.12 bits per heavy atom. The van der Waals surface area contributed by atoms with Gasteiger partial charge in [0.15, 0.2) is 0 Å². The van der Waals surface area contributed by atoms with Crippen molar-refractivity contribution in [1.29, 1.82) is 0 Å². The summed E-state index contributed by atoms with van der Waals surface area (Å²) in [5.74, 6) is 3.55. The maximum atomic E-state index is 10.5. The molecule has 0 atom stereocenters. The van der Waals surface area contributed by atoms with E-state index in [1.807, 2.05) is 0 Å². The zero-order valence-corrected chi connectivity index (χ0v) is 20.5. The van der Waals surface area contributed by atoms with Gasteiger partial charge in [0.25, 0.3) is 0 Å². The Labute approximate surface area is 169 Å². The fourth-order valence-corrected chi connectivity index (χ4v) is 0.688. The monoisotopic (exact) mass is 450 g/mol. The zero-order chi connectivity index (χ0) is 21.9. The molecule has 1 aliphatic rings. The molecule has 3 amide bonds. The Hall–Kier alpha value is -0.520. The van der Waals surface area contributed by atoms with Crippen molar-refractivity contribution in [2.24, 2.45) is 0 Å². The number of carbonyl (C=O) groups is 3. The number of imide groups is 1. The highest BCUT2D eigenvalue weighted by molar-refractivity contribution is 8.76. The van der Waals surface area contributed by atoms with Gasteiger partial charge in [-0.05, 0) is 25.0 Å². The van der Waals surface area contributed by atoms with Crippen LogP contribution in [0.1, 0.15) is 19.8 Å². The van der Waals surface area contributed by atoms with E-state index in [4.69, 9.17) is 0 Å². The average Bonchev–Trinajstić information content (AvgIpc) is 2.77. The van der Waals surface area contributed by atoms with E-state index < -0.39 is 9.84 Å². The Morgan fingerprint density at radius 2 is 1.31 bits per heavy atom. The third kappa shape index (κ3) is 49.5. The smallest absolute Gasteiger partial charge is 0.229 e. The zero-order valence-electron chi connectivity index (χ0n) is 17.2. The highest BCUT2D eigenvalue weighted by atomic mass is 33.1. The molecule has 1 fully saturated rings. The number of amides is 3. The number of sulfone groups is 1. The molecule has 0 radical (unpaired) electrons. The molecule has 0 aliphatic carbocycles. The highest BCUT2D eigenvalue weighted by Gasteiger charge is 2.24. The van der Waals surface area contributed by atoms with Crippen LogP contribution in [0.4, 0.5) is 0 Å². The van der Waals surface area contributed by atoms with Gasteiger partial charge in [0.05, 0.1) is 0 Å². The fraction of sp³-hybridized carbons (Fsp3) is 0.733. The number of nitrogens with zero attached hydrogens (tertiary/aromatic N) is 1. The van der Waals surface area contributed by atoms with Gasteiger partial charge in [-0.3, -0.25) is 19.3 Å². The van der Waals surface area contributed by atoms with Crippen LogP contribution in [-0.2, 0) is 24.2 Å². The number of carbonyl (C=O) groups excluding carboxylic acids is 3. The summed E-state index contributed by atoms with van der Waals surface area (Å²) in [5, 5.41) is 2.39. The van der Waals surface area contributed by atoms with E-state index in [1.165, 1.54) is 18.9 Å². The van der Waals surface area contributed by atoms with E-state index in [2.05, 4.69) is 36.2 Å². The van der Waals surface area contributed by atoms with Gasteiger partial charge >= 0.3 is 0 Å². The van der Waals surface area contributed by atoms with Crippen LogP contribution in [0.2, 0.25) is 0 Å². The molecule has 1 rings (SSSR count). The molecule has 1 saturated heterocycles. The molecule has 1 heterocycles. The van der Waals surface area contributed by atoms with Gasteiger partial charge in [-0.15, -0.1) is 0 Å². The van der Waals surface area contributed by atoms with Crippen LogP contribution in [0.15, 0.2) is 0 Å². The second-order valence-electron chi connectivity index (χ2n) is 5.11. The highest BCUT2D eigenvalue weighted by Crippen LogP contribution is 2.09. The van der Waals surface area contributed by atoms with Crippen LogP contribution >= 0.6 is 32.1 Å². The molecule has 0 aromatic rings. The largest absolute Gasteiger partial charge is 0.359 e. The van der Waals surface area contributed by atoms with Crippen LogP contribution in [-0.4, -0.2) is 88.5 Å². The van der Waals surface area contributed by atoms with Crippen molar-refractivity contribution in [1.82, 2.24) is 10.2 Å². The van der Waals surface area contributed by atoms with Gasteiger partial charge in [0.2, 0.25) is 17.7 Å². The molecular weight excluding hydrogens is 416 g/mol. The van der Waals surface area contributed by atoms with Crippen molar-refractivity contribution in [3.63, 3.8) is 0 Å². The summed E-state index contributed by atoms with van der Waals surface area (Å²) < 4.78 is 19.3. The third-order valence-electron chi connectivity index (χ3n) is 1.82. The van der Waals surface area contributed by atoms with E-state index in [1.54, 1.807) is 28.6 Å². The maximum absolute atomic E-state index is 10.5. The van der Waals surface area contributed by atoms with Gasteiger partial charge in [0, 0.05) is 46.4 Å². The topological polar surface area (TPSA) is 101 Å². The predicted octanol–water partition coefficient (Wildman–Crippen LogP) is 1.75. The molecule has 0 bridgehead atoms. The SMILES string of the molecule is C=S(C)C.CN1C(=O)CCC1=O.CNC(C)=O.CS(C)(=O)=O.CSSC. The van der Waals surface area contributed by atoms with Crippen LogP contribution in [0, 0.1) is 0 Å². The van der Waals surface area contributed by atoms with E-state index in [9.17, 15) is 22.8 Å². The Bertz CT molecular complexity index is 492. The summed E-state index contributed by atoms with van der Waals surface area (Å²) in [6.07, 6.45) is 11.4. The Morgan fingerprint density at radius 3 is 1.35 bits per heavy atom. The van der Waals surface area contributed by atoms with E-state index in [0.717, 1.165) is 12.5 Å². The van der Waals surface area contributed by atoms with E-state index in [0.29, 0.717) is 23.3 Å². The number of rotatable bonds is 1. The van der Waals surface area contributed by atoms with E-state index >= 15 is 0 Å². The molecular formula is C15H34N2O5S4. The lowest BCUT2D eigenvalue weighted by atomic mass is 10.4. The van der Waals surface area contributed by atoms with E-state index in [-0.39, 0.29) is 17.7 Å². The first-order valence-electron chi connectivity index (χ1n) is 7.20. The lowest BCUT2D eigenvalue weighted by molar-refractivity contribution is -0.136. The standard InChI is InChI=1S/C5H7NO2.C3H7NO.C3H8S.C2H6O2S.C2H6S2/c1-6-4(7)2-3-5(6)8;1-3(5)4-2;1-4(2)3;1-5(2,3)4;1-3-4-2/h2-3H2,1H3;1-2H3,(H,4,5);1H2,2-3H3;1-2H3;1-2H3. The summed E-state index contributed by atoms with van der Waals surface area (Å²) in [5.41, 5.74) is 0. The first-order chi connectivity index (χ1) is 11.6. The van der Waals surface area contributed by atoms with Crippen LogP contribution < -0.4 is 5.32 Å². The van der Waals surface area contributed by atoms with Crippen molar-refractivity contribution < 1.29 is 22.8 Å². The minimum Gasteiger partial charge on any atom is -0.359 e. The summed E-state index contributed by atoms with van der Waals surface area (Å²) in [4.78, 5) is 31.8. The molecule has 0 spiro atoms. The predicted molar refractivity (Wildman–Crippen MR) is 121 cm³/mol. The summed E-state index contributed by atoms with van der Waals surface area (Å²) in [6.45, 7) is 1.47. The minimum atomic E-state index is -2.67.